The average Bonchev–Trinajstić information content (AvgIpc) is 2.61. The maximum atomic E-state index is 13.2. The fraction of sp³-hybridized carbons (Fsp3) is 0.350. The molecule has 1 N–H and O–H groups in total. The number of hydrogen-bond acceptors (Lipinski definition) is 3. The van der Waals surface area contributed by atoms with E-state index in [1.54, 1.807) is 18.2 Å². The van der Waals surface area contributed by atoms with Crippen molar-refractivity contribution >= 4 is 15.9 Å². The quantitative estimate of drug-likeness (QED) is 0.897. The third-order valence-corrected chi connectivity index (χ3v) is 6.56. The van der Waals surface area contributed by atoms with Crippen LogP contribution in [-0.2, 0) is 14.8 Å². The lowest BCUT2D eigenvalue weighted by Gasteiger charge is -2.34. The monoisotopic (exact) mass is 372 g/mol. The Hall–Kier alpha value is -2.18. The van der Waals surface area contributed by atoms with Crippen LogP contribution in [0.15, 0.2) is 53.4 Å². The second-order valence-corrected chi connectivity index (χ2v) is 8.84. The molecular formula is C20H24N2O3S. The number of hydrogen-bond donors (Lipinski definition) is 1. The highest BCUT2D eigenvalue weighted by atomic mass is 32.2. The third-order valence-electron chi connectivity index (χ3n) is 4.68. The molecule has 1 aliphatic rings. The highest BCUT2D eigenvalue weighted by Crippen LogP contribution is 2.30. The van der Waals surface area contributed by atoms with Crippen LogP contribution >= 0.6 is 0 Å². The summed E-state index contributed by atoms with van der Waals surface area (Å²) in [5.41, 5.74) is 2.75. The molecule has 2 aromatic carbocycles. The van der Waals surface area contributed by atoms with Crippen molar-refractivity contribution in [2.45, 2.75) is 37.6 Å². The first-order valence-electron chi connectivity index (χ1n) is 8.77. The normalized spacial score (nSPS) is 18.8. The van der Waals surface area contributed by atoms with E-state index in [1.165, 1.54) is 4.31 Å². The molecule has 6 heteroatoms. The summed E-state index contributed by atoms with van der Waals surface area (Å²) in [5, 5.41) is 2.78. The van der Waals surface area contributed by atoms with Gasteiger partial charge in [-0.2, -0.15) is 4.31 Å². The Bertz CT molecular complexity index is 905. The molecule has 0 aliphatic carbocycles. The first-order valence-corrected chi connectivity index (χ1v) is 10.2. The van der Waals surface area contributed by atoms with Crippen LogP contribution in [0.3, 0.4) is 0 Å². The summed E-state index contributed by atoms with van der Waals surface area (Å²) in [6.45, 7) is 6.61. The van der Waals surface area contributed by atoms with Gasteiger partial charge >= 0.3 is 0 Å². The molecule has 2 aromatic rings. The Morgan fingerprint density at radius 1 is 1.12 bits per heavy atom. The van der Waals surface area contributed by atoms with Gasteiger partial charge in [-0.1, -0.05) is 55.8 Å². The predicted molar refractivity (Wildman–Crippen MR) is 101 cm³/mol. The van der Waals surface area contributed by atoms with Gasteiger partial charge in [0, 0.05) is 13.1 Å². The van der Waals surface area contributed by atoms with E-state index in [0.717, 1.165) is 11.1 Å². The van der Waals surface area contributed by atoms with Gasteiger partial charge in [0.2, 0.25) is 15.9 Å². The maximum absolute atomic E-state index is 13.2. The molecule has 1 heterocycles. The van der Waals surface area contributed by atoms with Gasteiger partial charge in [-0.3, -0.25) is 4.79 Å². The Balaban J connectivity index is 2.02. The molecule has 1 fully saturated rings. The molecule has 1 amide bonds. The third kappa shape index (κ3) is 3.52. The molecule has 0 aromatic heterocycles. The minimum absolute atomic E-state index is 0.217. The molecule has 0 radical (unpaired) electrons. The smallest absolute Gasteiger partial charge is 0.244 e. The van der Waals surface area contributed by atoms with E-state index < -0.39 is 16.1 Å². The van der Waals surface area contributed by atoms with Crippen molar-refractivity contribution in [3.05, 3.63) is 65.2 Å². The molecule has 0 bridgehead atoms. The van der Waals surface area contributed by atoms with Gasteiger partial charge in [-0.05, 0) is 36.1 Å². The van der Waals surface area contributed by atoms with Crippen molar-refractivity contribution in [3.8, 4) is 0 Å². The second-order valence-electron chi connectivity index (χ2n) is 6.95. The highest BCUT2D eigenvalue weighted by Gasteiger charge is 2.39. The van der Waals surface area contributed by atoms with Crippen molar-refractivity contribution in [2.75, 3.05) is 13.1 Å². The summed E-state index contributed by atoms with van der Waals surface area (Å²) in [5.74, 6) is 0.0387. The SMILES string of the molecule is Cc1cccc(C2C(=O)NCCN2S(=O)(=O)c2ccc(C(C)C)cc2)c1. The molecule has 1 unspecified atom stereocenters. The first kappa shape index (κ1) is 18.6. The zero-order valence-corrected chi connectivity index (χ0v) is 16.1. The summed E-state index contributed by atoms with van der Waals surface area (Å²) >= 11 is 0. The topological polar surface area (TPSA) is 66.5 Å². The zero-order chi connectivity index (χ0) is 18.9. The minimum Gasteiger partial charge on any atom is -0.353 e. The van der Waals surface area contributed by atoms with Crippen LogP contribution in [0.1, 0.15) is 42.5 Å². The van der Waals surface area contributed by atoms with E-state index in [4.69, 9.17) is 0 Å². The van der Waals surface area contributed by atoms with Crippen molar-refractivity contribution in [3.63, 3.8) is 0 Å². The number of piperazine rings is 1. The van der Waals surface area contributed by atoms with Crippen molar-refractivity contribution in [1.29, 1.82) is 0 Å². The molecule has 1 aliphatic heterocycles. The molecular weight excluding hydrogens is 348 g/mol. The van der Waals surface area contributed by atoms with Gasteiger partial charge in [0.05, 0.1) is 4.90 Å². The predicted octanol–water partition coefficient (Wildman–Crippen LogP) is 2.98. The minimum atomic E-state index is -3.78. The summed E-state index contributed by atoms with van der Waals surface area (Å²) in [6.07, 6.45) is 0. The summed E-state index contributed by atoms with van der Waals surface area (Å²) in [4.78, 5) is 12.7. The number of carbonyl (C=O) groups excluding carboxylic acids is 1. The van der Waals surface area contributed by atoms with Crippen LogP contribution in [0.2, 0.25) is 0 Å². The van der Waals surface area contributed by atoms with E-state index >= 15 is 0 Å². The van der Waals surface area contributed by atoms with Crippen LogP contribution < -0.4 is 5.32 Å². The lowest BCUT2D eigenvalue weighted by Crippen LogP contribution is -2.52. The number of amides is 1. The number of carbonyl (C=O) groups is 1. The number of nitrogens with one attached hydrogen (secondary N) is 1. The van der Waals surface area contributed by atoms with Crippen LogP contribution in [0.5, 0.6) is 0 Å². The van der Waals surface area contributed by atoms with Crippen LogP contribution in [-0.4, -0.2) is 31.7 Å². The average molecular weight is 372 g/mol. The molecule has 0 saturated carbocycles. The van der Waals surface area contributed by atoms with Gasteiger partial charge in [-0.25, -0.2) is 8.42 Å². The van der Waals surface area contributed by atoms with Crippen LogP contribution in [0, 0.1) is 6.92 Å². The Morgan fingerprint density at radius 3 is 2.42 bits per heavy atom. The number of nitrogens with zero attached hydrogens (tertiary/aromatic N) is 1. The van der Waals surface area contributed by atoms with E-state index in [1.807, 2.05) is 37.3 Å². The fourth-order valence-corrected chi connectivity index (χ4v) is 4.80. The molecule has 1 saturated heterocycles. The van der Waals surface area contributed by atoms with Crippen molar-refractivity contribution in [1.82, 2.24) is 9.62 Å². The van der Waals surface area contributed by atoms with Crippen molar-refractivity contribution < 1.29 is 13.2 Å². The zero-order valence-electron chi connectivity index (χ0n) is 15.3. The first-order chi connectivity index (χ1) is 12.3. The molecule has 138 valence electrons. The van der Waals surface area contributed by atoms with Gasteiger partial charge in [0.15, 0.2) is 0 Å². The van der Waals surface area contributed by atoms with E-state index in [9.17, 15) is 13.2 Å². The number of sulfonamides is 1. The fourth-order valence-electron chi connectivity index (χ4n) is 3.22. The lowest BCUT2D eigenvalue weighted by atomic mass is 10.0. The molecule has 26 heavy (non-hydrogen) atoms. The molecule has 3 rings (SSSR count). The molecule has 0 spiro atoms. The lowest BCUT2D eigenvalue weighted by molar-refractivity contribution is -0.126. The van der Waals surface area contributed by atoms with Gasteiger partial charge in [0.25, 0.3) is 0 Å². The van der Waals surface area contributed by atoms with E-state index in [-0.39, 0.29) is 17.3 Å². The summed E-state index contributed by atoms with van der Waals surface area (Å²) in [7, 11) is -3.78. The Labute approximate surface area is 155 Å². The summed E-state index contributed by atoms with van der Waals surface area (Å²) < 4.78 is 27.8. The van der Waals surface area contributed by atoms with Gasteiger partial charge in [-0.15, -0.1) is 0 Å². The highest BCUT2D eigenvalue weighted by molar-refractivity contribution is 7.89. The van der Waals surface area contributed by atoms with Crippen LogP contribution in [0.4, 0.5) is 0 Å². The van der Waals surface area contributed by atoms with Crippen LogP contribution in [0.25, 0.3) is 0 Å². The van der Waals surface area contributed by atoms with E-state index in [2.05, 4.69) is 19.2 Å². The van der Waals surface area contributed by atoms with Gasteiger partial charge in [0.1, 0.15) is 6.04 Å². The van der Waals surface area contributed by atoms with E-state index in [0.29, 0.717) is 18.0 Å². The molecule has 1 atom stereocenters. The number of benzene rings is 2. The number of rotatable bonds is 4. The Morgan fingerprint density at radius 2 is 1.81 bits per heavy atom. The largest absolute Gasteiger partial charge is 0.353 e. The Kier molecular flexibility index (Phi) is 5.16. The molecule has 5 nitrogen and oxygen atoms in total. The van der Waals surface area contributed by atoms with Gasteiger partial charge < -0.3 is 5.32 Å². The summed E-state index contributed by atoms with van der Waals surface area (Å²) in [6, 6.07) is 13.5. The number of aryl methyl sites for hydroxylation is 1. The maximum Gasteiger partial charge on any atom is 0.244 e. The van der Waals surface area contributed by atoms with Crippen molar-refractivity contribution in [2.24, 2.45) is 0 Å². The second kappa shape index (κ2) is 7.21. The standard InChI is InChI=1S/C20H24N2O3S/c1-14(2)16-7-9-18(10-8-16)26(24,25)22-12-11-21-20(23)19(22)17-6-4-5-15(3)13-17/h4-10,13-14,19H,11-12H2,1-3H3,(H,21,23).